The minimum atomic E-state index is -0.337. The summed E-state index contributed by atoms with van der Waals surface area (Å²) in [6, 6.07) is 10.9. The summed E-state index contributed by atoms with van der Waals surface area (Å²) >= 11 is 3.26. The van der Waals surface area contributed by atoms with E-state index in [-0.39, 0.29) is 11.6 Å². The topological polar surface area (TPSA) is 12.0 Å². The lowest BCUT2D eigenvalue weighted by Crippen LogP contribution is -2.02. The van der Waals surface area contributed by atoms with E-state index in [1.54, 1.807) is 24.3 Å². The van der Waals surface area contributed by atoms with Gasteiger partial charge in [-0.3, -0.25) is 0 Å². The lowest BCUT2D eigenvalue weighted by atomic mass is 10.2. The van der Waals surface area contributed by atoms with Gasteiger partial charge in [0, 0.05) is 11.0 Å². The van der Waals surface area contributed by atoms with Crippen LogP contribution in [0.15, 0.2) is 46.9 Å². The molecule has 4 heteroatoms. The molecule has 0 heterocycles. The number of anilines is 1. The van der Waals surface area contributed by atoms with Crippen LogP contribution in [-0.2, 0) is 6.54 Å². The second-order valence-electron chi connectivity index (χ2n) is 3.58. The molecule has 0 aliphatic carbocycles. The average Bonchev–Trinajstić information content (AvgIpc) is 2.28. The summed E-state index contributed by atoms with van der Waals surface area (Å²) in [6.45, 7) is 0.372. The Kier molecular flexibility index (Phi) is 3.74. The van der Waals surface area contributed by atoms with Gasteiger partial charge in [-0.15, -0.1) is 0 Å². The molecule has 0 aromatic heterocycles. The number of hydrogen-bond acceptors (Lipinski definition) is 1. The molecule has 2 rings (SSSR count). The molecular weight excluding hydrogens is 288 g/mol. The Hall–Kier alpha value is -1.42. The van der Waals surface area contributed by atoms with E-state index >= 15 is 0 Å². The fraction of sp³-hybridized carbons (Fsp3) is 0.0769. The van der Waals surface area contributed by atoms with Crippen LogP contribution in [0.1, 0.15) is 5.56 Å². The monoisotopic (exact) mass is 297 g/mol. The summed E-state index contributed by atoms with van der Waals surface area (Å²) in [4.78, 5) is 0. The maximum absolute atomic E-state index is 13.5. The summed E-state index contributed by atoms with van der Waals surface area (Å²) in [5, 5.41) is 2.94. The van der Waals surface area contributed by atoms with Crippen molar-refractivity contribution in [2.75, 3.05) is 5.32 Å². The first-order valence-corrected chi connectivity index (χ1v) is 5.88. The lowest BCUT2D eigenvalue weighted by molar-refractivity contribution is 0.624. The Morgan fingerprint density at radius 3 is 2.53 bits per heavy atom. The van der Waals surface area contributed by atoms with Crippen molar-refractivity contribution >= 4 is 21.6 Å². The Labute approximate surface area is 107 Å². The second-order valence-corrected chi connectivity index (χ2v) is 4.43. The Morgan fingerprint density at radius 1 is 1.06 bits per heavy atom. The molecule has 0 radical (unpaired) electrons. The van der Waals surface area contributed by atoms with Gasteiger partial charge in [0.1, 0.15) is 11.6 Å². The zero-order chi connectivity index (χ0) is 12.3. The highest BCUT2D eigenvalue weighted by molar-refractivity contribution is 9.10. The van der Waals surface area contributed by atoms with Gasteiger partial charge in [-0.25, -0.2) is 8.78 Å². The van der Waals surface area contributed by atoms with Gasteiger partial charge < -0.3 is 5.32 Å². The Morgan fingerprint density at radius 2 is 1.82 bits per heavy atom. The molecule has 0 spiro atoms. The predicted molar refractivity (Wildman–Crippen MR) is 67.8 cm³/mol. The molecule has 17 heavy (non-hydrogen) atoms. The Balaban J connectivity index is 2.13. The van der Waals surface area contributed by atoms with Crippen molar-refractivity contribution in [2.24, 2.45) is 0 Å². The fourth-order valence-corrected chi connectivity index (χ4v) is 1.99. The first kappa shape index (κ1) is 12.0. The molecule has 88 valence electrons. The lowest BCUT2D eigenvalue weighted by Gasteiger charge is -2.09. The molecule has 0 aliphatic rings. The zero-order valence-corrected chi connectivity index (χ0v) is 10.5. The highest BCUT2D eigenvalue weighted by Gasteiger charge is 2.05. The van der Waals surface area contributed by atoms with Crippen molar-refractivity contribution < 1.29 is 8.78 Å². The molecular formula is C13H10BrF2N. The van der Waals surface area contributed by atoms with E-state index in [1.807, 2.05) is 0 Å². The van der Waals surface area contributed by atoms with Crippen molar-refractivity contribution in [1.82, 2.24) is 0 Å². The Bertz CT molecular complexity index is 508. The summed E-state index contributed by atoms with van der Waals surface area (Å²) in [7, 11) is 0. The fourth-order valence-electron chi connectivity index (χ4n) is 1.50. The van der Waals surface area contributed by atoms with Crippen molar-refractivity contribution in [2.45, 2.75) is 6.54 Å². The van der Waals surface area contributed by atoms with Gasteiger partial charge in [0.2, 0.25) is 0 Å². The van der Waals surface area contributed by atoms with E-state index in [2.05, 4.69) is 21.2 Å². The molecule has 1 nitrogen and oxygen atoms in total. The minimum absolute atomic E-state index is 0.295. The van der Waals surface area contributed by atoms with Crippen LogP contribution in [0, 0.1) is 11.6 Å². The molecule has 0 unspecified atom stereocenters. The molecule has 0 fully saturated rings. The second kappa shape index (κ2) is 5.27. The zero-order valence-electron chi connectivity index (χ0n) is 8.88. The SMILES string of the molecule is Fc1cccc(CNc2c(F)cccc2Br)c1. The largest absolute Gasteiger partial charge is 0.378 e. The van der Waals surface area contributed by atoms with Crippen LogP contribution < -0.4 is 5.32 Å². The van der Waals surface area contributed by atoms with Crippen molar-refractivity contribution in [1.29, 1.82) is 0 Å². The third kappa shape index (κ3) is 3.03. The smallest absolute Gasteiger partial charge is 0.147 e. The molecule has 0 aliphatic heterocycles. The number of nitrogens with one attached hydrogen (secondary N) is 1. The first-order chi connectivity index (χ1) is 8.16. The normalized spacial score (nSPS) is 10.3. The summed E-state index contributed by atoms with van der Waals surface area (Å²) in [6.07, 6.45) is 0. The van der Waals surface area contributed by atoms with Gasteiger partial charge in [0.25, 0.3) is 0 Å². The minimum Gasteiger partial charge on any atom is -0.378 e. The molecule has 0 bridgehead atoms. The summed E-state index contributed by atoms with van der Waals surface area (Å²) < 4.78 is 27.1. The van der Waals surface area contributed by atoms with Gasteiger partial charge in [0.15, 0.2) is 0 Å². The molecule has 0 atom stereocenters. The number of rotatable bonds is 3. The molecule has 2 aromatic carbocycles. The number of hydrogen-bond donors (Lipinski definition) is 1. The molecule has 0 saturated carbocycles. The first-order valence-electron chi connectivity index (χ1n) is 5.09. The van der Waals surface area contributed by atoms with Crippen LogP contribution in [0.25, 0.3) is 0 Å². The highest BCUT2D eigenvalue weighted by atomic mass is 79.9. The van der Waals surface area contributed by atoms with Crippen LogP contribution in [0.4, 0.5) is 14.5 Å². The number of para-hydroxylation sites is 1. The third-order valence-electron chi connectivity index (χ3n) is 2.32. The van der Waals surface area contributed by atoms with Crippen molar-refractivity contribution in [3.63, 3.8) is 0 Å². The maximum Gasteiger partial charge on any atom is 0.147 e. The molecule has 1 N–H and O–H groups in total. The summed E-state index contributed by atoms with van der Waals surface area (Å²) in [5.41, 5.74) is 1.15. The third-order valence-corrected chi connectivity index (χ3v) is 2.98. The predicted octanol–water partition coefficient (Wildman–Crippen LogP) is 4.34. The van der Waals surface area contributed by atoms with Crippen LogP contribution in [0.2, 0.25) is 0 Å². The van der Waals surface area contributed by atoms with Crippen molar-refractivity contribution in [3.05, 3.63) is 64.1 Å². The number of halogens is 3. The molecule has 0 amide bonds. The van der Waals surface area contributed by atoms with E-state index in [0.29, 0.717) is 16.7 Å². The van der Waals surface area contributed by atoms with Gasteiger partial charge in [-0.1, -0.05) is 18.2 Å². The molecule has 0 saturated heterocycles. The van der Waals surface area contributed by atoms with Crippen LogP contribution >= 0.6 is 15.9 Å². The van der Waals surface area contributed by atoms with E-state index in [9.17, 15) is 8.78 Å². The van der Waals surface area contributed by atoms with E-state index in [1.165, 1.54) is 18.2 Å². The standard InChI is InChI=1S/C13H10BrF2N/c14-11-5-2-6-12(16)13(11)17-8-9-3-1-4-10(15)7-9/h1-7,17H,8H2. The quantitative estimate of drug-likeness (QED) is 0.889. The van der Waals surface area contributed by atoms with E-state index in [4.69, 9.17) is 0 Å². The van der Waals surface area contributed by atoms with Gasteiger partial charge >= 0.3 is 0 Å². The van der Waals surface area contributed by atoms with Crippen molar-refractivity contribution in [3.8, 4) is 0 Å². The summed E-state index contributed by atoms with van der Waals surface area (Å²) in [5.74, 6) is -0.632. The van der Waals surface area contributed by atoms with Gasteiger partial charge in [-0.05, 0) is 45.8 Å². The van der Waals surface area contributed by atoms with Gasteiger partial charge in [-0.2, -0.15) is 0 Å². The van der Waals surface area contributed by atoms with Crippen LogP contribution in [0.3, 0.4) is 0 Å². The van der Waals surface area contributed by atoms with Crippen LogP contribution in [0.5, 0.6) is 0 Å². The average molecular weight is 298 g/mol. The van der Waals surface area contributed by atoms with E-state index in [0.717, 1.165) is 5.56 Å². The number of benzene rings is 2. The highest BCUT2D eigenvalue weighted by Crippen LogP contribution is 2.25. The maximum atomic E-state index is 13.5. The van der Waals surface area contributed by atoms with E-state index < -0.39 is 0 Å². The molecule has 2 aromatic rings. The van der Waals surface area contributed by atoms with Gasteiger partial charge in [0.05, 0.1) is 5.69 Å². The van der Waals surface area contributed by atoms with Crippen LogP contribution in [-0.4, -0.2) is 0 Å².